The van der Waals surface area contributed by atoms with Gasteiger partial charge in [-0.3, -0.25) is 0 Å². The van der Waals surface area contributed by atoms with E-state index < -0.39 is 9.84 Å². The third-order valence-corrected chi connectivity index (χ3v) is 4.01. The van der Waals surface area contributed by atoms with Gasteiger partial charge in [0.1, 0.15) is 9.84 Å². The molecule has 0 aromatic heterocycles. The molecule has 0 heterocycles. The summed E-state index contributed by atoms with van der Waals surface area (Å²) < 4.78 is 21.9. The summed E-state index contributed by atoms with van der Waals surface area (Å²) in [5.74, 6) is 0.711. The molecule has 80 valence electrons. The zero-order chi connectivity index (χ0) is 10.7. The highest BCUT2D eigenvalue weighted by Crippen LogP contribution is 2.30. The van der Waals surface area contributed by atoms with Crippen molar-refractivity contribution in [3.63, 3.8) is 0 Å². The Hall–Kier alpha value is 0.430. The highest BCUT2D eigenvalue weighted by Gasteiger charge is 2.24. The van der Waals surface area contributed by atoms with Crippen LogP contribution in [0.25, 0.3) is 0 Å². The van der Waals surface area contributed by atoms with E-state index in [0.29, 0.717) is 11.7 Å². The molecule has 0 aliphatic carbocycles. The van der Waals surface area contributed by atoms with Gasteiger partial charge in [0.15, 0.2) is 0 Å². The molecular weight excluding hydrogens is 252 g/mol. The van der Waals surface area contributed by atoms with E-state index >= 15 is 0 Å². The second-order valence-corrected chi connectivity index (χ2v) is 7.54. The first-order valence-corrected chi connectivity index (χ1v) is 7.58. The van der Waals surface area contributed by atoms with E-state index in [2.05, 4.69) is 36.7 Å². The largest absolute Gasteiger partial charge is 0.229 e. The first-order valence-electron chi connectivity index (χ1n) is 4.40. The van der Waals surface area contributed by atoms with Crippen LogP contribution in [-0.2, 0) is 9.84 Å². The predicted octanol–water partition coefficient (Wildman–Crippen LogP) is 2.48. The van der Waals surface area contributed by atoms with Crippen molar-refractivity contribution in [2.75, 3.05) is 17.3 Å². The molecule has 13 heavy (non-hydrogen) atoms. The number of sulfone groups is 1. The zero-order valence-electron chi connectivity index (χ0n) is 8.80. The zero-order valence-corrected chi connectivity index (χ0v) is 11.2. The van der Waals surface area contributed by atoms with Crippen molar-refractivity contribution in [2.45, 2.75) is 27.2 Å². The molecule has 0 aliphatic heterocycles. The molecule has 0 bridgehead atoms. The average molecular weight is 271 g/mol. The average Bonchev–Trinajstić information content (AvgIpc) is 1.82. The first kappa shape index (κ1) is 13.4. The Kier molecular flexibility index (Phi) is 4.94. The van der Waals surface area contributed by atoms with Gasteiger partial charge in [0.25, 0.3) is 0 Å². The molecule has 0 aromatic carbocycles. The molecule has 0 amide bonds. The van der Waals surface area contributed by atoms with Crippen molar-refractivity contribution in [2.24, 2.45) is 11.3 Å². The summed E-state index contributed by atoms with van der Waals surface area (Å²) in [4.78, 5) is 0. The lowest BCUT2D eigenvalue weighted by molar-refractivity contribution is 0.262. The normalized spacial score (nSPS) is 15.8. The maximum absolute atomic E-state index is 11.0. The van der Waals surface area contributed by atoms with E-state index in [0.717, 1.165) is 11.8 Å². The topological polar surface area (TPSA) is 34.1 Å². The summed E-state index contributed by atoms with van der Waals surface area (Å²) in [5.41, 5.74) is 0.175. The van der Waals surface area contributed by atoms with Crippen LogP contribution >= 0.6 is 15.9 Å². The van der Waals surface area contributed by atoms with E-state index in [1.54, 1.807) is 0 Å². The Bertz CT molecular complexity index is 239. The fraction of sp³-hybridized carbons (Fsp3) is 1.00. The lowest BCUT2D eigenvalue weighted by atomic mass is 9.80. The molecule has 4 heteroatoms. The van der Waals surface area contributed by atoms with Crippen LogP contribution in [0, 0.1) is 11.3 Å². The van der Waals surface area contributed by atoms with Gasteiger partial charge in [0.2, 0.25) is 0 Å². The number of halogens is 1. The van der Waals surface area contributed by atoms with Gasteiger partial charge in [-0.15, -0.1) is 0 Å². The highest BCUT2D eigenvalue weighted by molar-refractivity contribution is 9.09. The third kappa shape index (κ3) is 6.49. The molecule has 1 atom stereocenters. The van der Waals surface area contributed by atoms with Gasteiger partial charge >= 0.3 is 0 Å². The fourth-order valence-electron chi connectivity index (χ4n) is 1.10. The maximum atomic E-state index is 11.0. The van der Waals surface area contributed by atoms with Crippen LogP contribution in [0.2, 0.25) is 0 Å². The van der Waals surface area contributed by atoms with Crippen LogP contribution in [0.1, 0.15) is 27.2 Å². The van der Waals surface area contributed by atoms with Gasteiger partial charge in [-0.1, -0.05) is 36.7 Å². The van der Waals surface area contributed by atoms with Gasteiger partial charge in [0.05, 0.1) is 5.75 Å². The van der Waals surface area contributed by atoms with E-state index in [9.17, 15) is 8.42 Å². The molecule has 0 radical (unpaired) electrons. The van der Waals surface area contributed by atoms with Gasteiger partial charge in [-0.2, -0.15) is 0 Å². The minimum atomic E-state index is -2.81. The number of alkyl halides is 1. The maximum Gasteiger partial charge on any atom is 0.147 e. The molecule has 1 unspecified atom stereocenters. The minimum absolute atomic E-state index is 0.175. The molecule has 0 rings (SSSR count). The summed E-state index contributed by atoms with van der Waals surface area (Å²) >= 11 is 3.42. The number of hydrogen-bond acceptors (Lipinski definition) is 2. The third-order valence-electron chi connectivity index (χ3n) is 2.25. The van der Waals surface area contributed by atoms with Crippen molar-refractivity contribution < 1.29 is 8.42 Å². The monoisotopic (exact) mass is 270 g/mol. The van der Waals surface area contributed by atoms with Crippen molar-refractivity contribution >= 4 is 25.8 Å². The number of hydrogen-bond donors (Lipinski definition) is 0. The molecular formula is C9H19BrO2S. The van der Waals surface area contributed by atoms with Gasteiger partial charge in [-0.05, 0) is 17.8 Å². The summed E-state index contributed by atoms with van der Waals surface area (Å²) in [6, 6.07) is 0. The Morgan fingerprint density at radius 1 is 1.31 bits per heavy atom. The van der Waals surface area contributed by atoms with Crippen molar-refractivity contribution in [3.05, 3.63) is 0 Å². The molecule has 2 nitrogen and oxygen atoms in total. The van der Waals surface area contributed by atoms with E-state index in [-0.39, 0.29) is 5.41 Å². The molecule has 0 spiro atoms. The second-order valence-electron chi connectivity index (χ2n) is 4.64. The lowest BCUT2D eigenvalue weighted by Crippen LogP contribution is -2.24. The van der Waals surface area contributed by atoms with E-state index in [4.69, 9.17) is 0 Å². The Balaban J connectivity index is 4.17. The van der Waals surface area contributed by atoms with Crippen molar-refractivity contribution in [1.82, 2.24) is 0 Å². The molecule has 0 saturated heterocycles. The quantitative estimate of drug-likeness (QED) is 0.736. The van der Waals surface area contributed by atoms with Crippen LogP contribution in [0.5, 0.6) is 0 Å². The second kappa shape index (κ2) is 4.78. The first-order chi connectivity index (χ1) is 5.67. The van der Waals surface area contributed by atoms with Crippen LogP contribution in [0.15, 0.2) is 0 Å². The minimum Gasteiger partial charge on any atom is -0.229 e. The molecule has 0 saturated carbocycles. The Morgan fingerprint density at radius 2 is 1.77 bits per heavy atom. The molecule has 0 N–H and O–H groups in total. The van der Waals surface area contributed by atoms with Crippen LogP contribution in [-0.4, -0.2) is 25.8 Å². The smallest absolute Gasteiger partial charge is 0.147 e. The van der Waals surface area contributed by atoms with Gasteiger partial charge in [-0.25, -0.2) is 8.42 Å². The highest BCUT2D eigenvalue weighted by atomic mass is 79.9. The SMILES string of the molecule is CC(C)(C)C(CBr)CCS(C)(=O)=O. The van der Waals surface area contributed by atoms with Crippen molar-refractivity contribution in [1.29, 1.82) is 0 Å². The van der Waals surface area contributed by atoms with Crippen molar-refractivity contribution in [3.8, 4) is 0 Å². The van der Waals surface area contributed by atoms with Gasteiger partial charge < -0.3 is 0 Å². The van der Waals surface area contributed by atoms with E-state index in [1.165, 1.54) is 6.26 Å². The summed E-state index contributed by atoms with van der Waals surface area (Å²) in [6.07, 6.45) is 2.04. The van der Waals surface area contributed by atoms with Crippen LogP contribution < -0.4 is 0 Å². The number of rotatable bonds is 4. The Morgan fingerprint density at radius 3 is 2.00 bits per heavy atom. The van der Waals surface area contributed by atoms with E-state index in [1.807, 2.05) is 0 Å². The Labute approximate surface area is 90.2 Å². The van der Waals surface area contributed by atoms with Crippen LogP contribution in [0.3, 0.4) is 0 Å². The van der Waals surface area contributed by atoms with Gasteiger partial charge in [0, 0.05) is 11.6 Å². The molecule has 0 fully saturated rings. The molecule has 0 aromatic rings. The summed E-state index contributed by atoms with van der Waals surface area (Å²) in [7, 11) is -2.81. The fourth-order valence-corrected chi connectivity index (χ4v) is 3.11. The predicted molar refractivity (Wildman–Crippen MR) is 61.1 cm³/mol. The molecule has 0 aliphatic rings. The lowest BCUT2D eigenvalue weighted by Gasteiger charge is -2.28. The van der Waals surface area contributed by atoms with Crippen LogP contribution in [0.4, 0.5) is 0 Å². The summed E-state index contributed by atoms with van der Waals surface area (Å²) in [5, 5.41) is 0.867. The summed E-state index contributed by atoms with van der Waals surface area (Å²) in [6.45, 7) is 6.42. The standard InChI is InChI=1S/C9H19BrO2S/c1-9(2,3)8(7-10)5-6-13(4,11)12/h8H,5-7H2,1-4H3.